The summed E-state index contributed by atoms with van der Waals surface area (Å²) in [4.78, 5) is 10.7. The molecule has 0 unspecified atom stereocenters. The van der Waals surface area contributed by atoms with Crippen molar-refractivity contribution in [3.8, 4) is 16.9 Å². The normalized spacial score (nSPS) is 9.93. The maximum absolute atomic E-state index is 10.7. The first-order valence-corrected chi connectivity index (χ1v) is 4.48. The fourth-order valence-electron chi connectivity index (χ4n) is 1.47. The lowest BCUT2D eigenvalue weighted by molar-refractivity contribution is 0.111. The Balaban J connectivity index is 2.58. The summed E-state index contributed by atoms with van der Waals surface area (Å²) in [6, 6.07) is 7.50. The highest BCUT2D eigenvalue weighted by molar-refractivity contribution is 5.86. The van der Waals surface area contributed by atoms with Crippen LogP contribution in [-0.2, 0) is 0 Å². The molecule has 4 heteroatoms. The number of hydrogen-bond acceptors (Lipinski definition) is 3. The zero-order valence-electron chi connectivity index (χ0n) is 8.23. The van der Waals surface area contributed by atoms with Gasteiger partial charge in [0.1, 0.15) is 11.4 Å². The number of benzene rings is 1. The molecule has 0 aliphatic carbocycles. The molecule has 0 bridgehead atoms. The SMILES string of the molecule is COc1ccccc1-c1cn[nH]c1C=O. The highest BCUT2D eigenvalue weighted by atomic mass is 16.5. The smallest absolute Gasteiger partial charge is 0.168 e. The third-order valence-electron chi connectivity index (χ3n) is 2.18. The minimum absolute atomic E-state index is 0.458. The largest absolute Gasteiger partial charge is 0.496 e. The van der Waals surface area contributed by atoms with Crippen molar-refractivity contribution >= 4 is 6.29 Å². The van der Waals surface area contributed by atoms with Gasteiger partial charge >= 0.3 is 0 Å². The van der Waals surface area contributed by atoms with E-state index in [1.807, 2.05) is 24.3 Å². The molecule has 15 heavy (non-hydrogen) atoms. The van der Waals surface area contributed by atoms with Crippen molar-refractivity contribution in [2.24, 2.45) is 0 Å². The Morgan fingerprint density at radius 2 is 2.13 bits per heavy atom. The Morgan fingerprint density at radius 3 is 2.87 bits per heavy atom. The number of carbonyl (C=O) groups excluding carboxylic acids is 1. The average molecular weight is 202 g/mol. The number of nitrogens with zero attached hydrogens (tertiary/aromatic N) is 1. The molecule has 2 aromatic rings. The number of aldehydes is 1. The molecule has 0 fully saturated rings. The average Bonchev–Trinajstić information content (AvgIpc) is 2.76. The summed E-state index contributed by atoms with van der Waals surface area (Å²) in [7, 11) is 1.60. The predicted octanol–water partition coefficient (Wildman–Crippen LogP) is 1.90. The minimum atomic E-state index is 0.458. The number of aromatic nitrogens is 2. The lowest BCUT2D eigenvalue weighted by atomic mass is 10.1. The second-order valence-electron chi connectivity index (χ2n) is 3.02. The van der Waals surface area contributed by atoms with Crippen molar-refractivity contribution < 1.29 is 9.53 Å². The van der Waals surface area contributed by atoms with Crippen molar-refractivity contribution in [2.75, 3.05) is 7.11 Å². The van der Waals surface area contributed by atoms with Crippen LogP contribution < -0.4 is 4.74 Å². The van der Waals surface area contributed by atoms with E-state index < -0.39 is 0 Å². The lowest BCUT2D eigenvalue weighted by Gasteiger charge is -2.06. The number of hydrogen-bond donors (Lipinski definition) is 1. The van der Waals surface area contributed by atoms with E-state index in [0.717, 1.165) is 23.2 Å². The van der Waals surface area contributed by atoms with Crippen LogP contribution in [0, 0.1) is 0 Å². The number of para-hydroxylation sites is 1. The highest BCUT2D eigenvalue weighted by Crippen LogP contribution is 2.30. The first kappa shape index (κ1) is 9.45. The first-order valence-electron chi connectivity index (χ1n) is 4.48. The standard InChI is InChI=1S/C11H10N2O2/c1-15-11-5-3-2-4-8(11)9-6-12-13-10(9)7-14/h2-7H,1H3,(H,12,13). The van der Waals surface area contributed by atoms with E-state index in [4.69, 9.17) is 4.74 Å². The van der Waals surface area contributed by atoms with Gasteiger partial charge in [-0.25, -0.2) is 0 Å². The van der Waals surface area contributed by atoms with Crippen LogP contribution in [-0.4, -0.2) is 23.6 Å². The molecule has 0 aliphatic rings. The van der Waals surface area contributed by atoms with E-state index >= 15 is 0 Å². The quantitative estimate of drug-likeness (QED) is 0.773. The molecule has 0 radical (unpaired) electrons. The molecule has 1 aromatic carbocycles. The van der Waals surface area contributed by atoms with Crippen molar-refractivity contribution in [1.82, 2.24) is 10.2 Å². The predicted molar refractivity (Wildman–Crippen MR) is 56.0 cm³/mol. The number of aromatic amines is 1. The Bertz CT molecular complexity index is 477. The summed E-state index contributed by atoms with van der Waals surface area (Å²) in [5, 5.41) is 6.46. The molecule has 1 N–H and O–H groups in total. The Morgan fingerprint density at radius 1 is 1.33 bits per heavy atom. The van der Waals surface area contributed by atoms with E-state index in [1.54, 1.807) is 13.3 Å². The van der Waals surface area contributed by atoms with E-state index in [1.165, 1.54) is 0 Å². The van der Waals surface area contributed by atoms with Crippen LogP contribution in [0.2, 0.25) is 0 Å². The number of methoxy groups -OCH3 is 1. The molecule has 4 nitrogen and oxygen atoms in total. The van der Waals surface area contributed by atoms with Gasteiger partial charge in [0.25, 0.3) is 0 Å². The molecule has 0 saturated carbocycles. The third kappa shape index (κ3) is 1.61. The molecular weight excluding hydrogens is 192 g/mol. The fourth-order valence-corrected chi connectivity index (χ4v) is 1.47. The molecule has 0 atom stereocenters. The number of nitrogens with one attached hydrogen (secondary N) is 1. The van der Waals surface area contributed by atoms with E-state index in [-0.39, 0.29) is 0 Å². The van der Waals surface area contributed by atoms with Gasteiger partial charge in [-0.15, -0.1) is 0 Å². The summed E-state index contributed by atoms with van der Waals surface area (Å²) < 4.78 is 5.21. The van der Waals surface area contributed by atoms with Crippen LogP contribution in [0.1, 0.15) is 10.5 Å². The van der Waals surface area contributed by atoms with Crippen molar-refractivity contribution in [1.29, 1.82) is 0 Å². The molecular formula is C11H10N2O2. The van der Waals surface area contributed by atoms with Gasteiger partial charge in [-0.2, -0.15) is 5.10 Å². The van der Waals surface area contributed by atoms with Crippen LogP contribution in [0.15, 0.2) is 30.5 Å². The second-order valence-corrected chi connectivity index (χ2v) is 3.02. The molecule has 76 valence electrons. The van der Waals surface area contributed by atoms with Crippen molar-refractivity contribution in [3.63, 3.8) is 0 Å². The maximum Gasteiger partial charge on any atom is 0.168 e. The molecule has 0 saturated heterocycles. The lowest BCUT2D eigenvalue weighted by Crippen LogP contribution is -1.89. The molecule has 2 rings (SSSR count). The summed E-state index contributed by atoms with van der Waals surface area (Å²) in [6.45, 7) is 0. The van der Waals surface area contributed by atoms with Gasteiger partial charge in [-0.1, -0.05) is 18.2 Å². The first-order chi connectivity index (χ1) is 7.36. The Hall–Kier alpha value is -2.10. The van der Waals surface area contributed by atoms with Crippen molar-refractivity contribution in [2.45, 2.75) is 0 Å². The second kappa shape index (κ2) is 3.96. The van der Waals surface area contributed by atoms with Gasteiger partial charge in [0.05, 0.1) is 13.3 Å². The van der Waals surface area contributed by atoms with E-state index in [0.29, 0.717) is 5.69 Å². The Labute approximate surface area is 86.9 Å². The molecule has 0 spiro atoms. The fraction of sp³-hybridized carbons (Fsp3) is 0.0909. The van der Waals surface area contributed by atoms with Gasteiger partial charge in [0, 0.05) is 11.1 Å². The van der Waals surface area contributed by atoms with Crippen LogP contribution in [0.5, 0.6) is 5.75 Å². The number of carbonyl (C=O) groups is 1. The number of H-pyrrole nitrogens is 1. The molecule has 1 aromatic heterocycles. The summed E-state index contributed by atoms with van der Waals surface area (Å²) in [5.41, 5.74) is 2.07. The van der Waals surface area contributed by atoms with E-state index in [9.17, 15) is 4.79 Å². The van der Waals surface area contributed by atoms with Crippen LogP contribution in [0.25, 0.3) is 11.1 Å². The zero-order valence-corrected chi connectivity index (χ0v) is 8.23. The summed E-state index contributed by atoms with van der Waals surface area (Å²) in [6.07, 6.45) is 2.36. The van der Waals surface area contributed by atoms with E-state index in [2.05, 4.69) is 10.2 Å². The third-order valence-corrected chi connectivity index (χ3v) is 2.18. The Kier molecular flexibility index (Phi) is 2.49. The summed E-state index contributed by atoms with van der Waals surface area (Å²) in [5.74, 6) is 0.724. The van der Waals surface area contributed by atoms with Crippen LogP contribution in [0.4, 0.5) is 0 Å². The highest BCUT2D eigenvalue weighted by Gasteiger charge is 2.10. The molecule has 0 amide bonds. The van der Waals surface area contributed by atoms with Gasteiger partial charge in [-0.3, -0.25) is 9.89 Å². The van der Waals surface area contributed by atoms with Gasteiger partial charge in [0.2, 0.25) is 0 Å². The molecule has 1 heterocycles. The van der Waals surface area contributed by atoms with Gasteiger partial charge in [-0.05, 0) is 6.07 Å². The number of rotatable bonds is 3. The summed E-state index contributed by atoms with van der Waals surface area (Å²) >= 11 is 0. The van der Waals surface area contributed by atoms with Crippen LogP contribution >= 0.6 is 0 Å². The van der Waals surface area contributed by atoms with Gasteiger partial charge in [0.15, 0.2) is 6.29 Å². The topological polar surface area (TPSA) is 55.0 Å². The minimum Gasteiger partial charge on any atom is -0.496 e. The van der Waals surface area contributed by atoms with Gasteiger partial charge < -0.3 is 4.74 Å². The molecule has 0 aliphatic heterocycles. The van der Waals surface area contributed by atoms with Crippen LogP contribution in [0.3, 0.4) is 0 Å². The van der Waals surface area contributed by atoms with Crippen molar-refractivity contribution in [3.05, 3.63) is 36.2 Å². The maximum atomic E-state index is 10.7. The monoisotopic (exact) mass is 202 g/mol. The zero-order chi connectivity index (χ0) is 10.7. The number of ether oxygens (including phenoxy) is 1.